The Morgan fingerprint density at radius 3 is 2.61 bits per heavy atom. The lowest BCUT2D eigenvalue weighted by Gasteiger charge is -2.30. The van der Waals surface area contributed by atoms with Gasteiger partial charge in [-0.2, -0.15) is 0 Å². The molecule has 0 radical (unpaired) electrons. The number of halogens is 1. The molecule has 46 heavy (non-hydrogen) atoms. The van der Waals surface area contributed by atoms with Crippen LogP contribution < -0.4 is 10.9 Å². The number of alkyl carbamates (subject to hydrolysis) is 1. The Balaban J connectivity index is 1.17. The maximum atomic E-state index is 14.0. The summed E-state index contributed by atoms with van der Waals surface area (Å²) in [5, 5.41) is 4.42. The molecule has 5 aromatic rings. The molecule has 0 atom stereocenters. The number of benzene rings is 2. The van der Waals surface area contributed by atoms with E-state index < -0.39 is 12.4 Å². The zero-order valence-corrected chi connectivity index (χ0v) is 26.8. The first kappa shape index (κ1) is 31.6. The largest absolute Gasteiger partial charge is 0.445 e. The van der Waals surface area contributed by atoms with Crippen LogP contribution in [-0.4, -0.2) is 62.4 Å². The molecule has 1 fully saturated rings. The van der Waals surface area contributed by atoms with Crippen LogP contribution in [0.25, 0.3) is 33.4 Å². The Morgan fingerprint density at radius 1 is 1.07 bits per heavy atom. The van der Waals surface area contributed by atoms with Crippen LogP contribution in [0.5, 0.6) is 0 Å². The highest BCUT2D eigenvalue weighted by Crippen LogP contribution is 2.31. The summed E-state index contributed by atoms with van der Waals surface area (Å²) in [5.74, 6) is 0. The standard InChI is InChI=1S/C33H31ClN6O5S/c1-20-14-35-16-28(37-20)22-8-9-25(27(34)13-22)26-12-23-15-36-32(46-2)39-30(23)40(31(26)41)11-10-29-43-18-24(19-44-29)38-33(42)45-17-21-6-4-3-5-7-21/h3-9,12-16,24,29H,10-11,17-19H2,1-2H3,(H,38,42). The summed E-state index contributed by atoms with van der Waals surface area (Å²) in [5.41, 5.74) is 4.43. The van der Waals surface area contributed by atoms with Crippen LogP contribution in [0.4, 0.5) is 4.79 Å². The van der Waals surface area contributed by atoms with E-state index in [1.807, 2.05) is 55.6 Å². The Hall–Kier alpha value is -4.36. The number of nitrogens with one attached hydrogen (secondary N) is 1. The van der Waals surface area contributed by atoms with Gasteiger partial charge in [0.2, 0.25) is 0 Å². The first-order chi connectivity index (χ1) is 22.4. The number of nitrogens with zero attached hydrogens (tertiary/aromatic N) is 5. The number of hydrogen-bond donors (Lipinski definition) is 1. The highest BCUT2D eigenvalue weighted by Gasteiger charge is 2.25. The van der Waals surface area contributed by atoms with E-state index in [4.69, 9.17) is 25.8 Å². The van der Waals surface area contributed by atoms with Crippen molar-refractivity contribution in [1.82, 2.24) is 29.8 Å². The number of fused-ring (bicyclic) bond motifs is 1. The molecule has 0 aliphatic carbocycles. The van der Waals surface area contributed by atoms with Crippen molar-refractivity contribution in [2.24, 2.45) is 0 Å². The summed E-state index contributed by atoms with van der Waals surface area (Å²) < 4.78 is 18.7. The second-order valence-corrected chi connectivity index (χ2v) is 11.9. The monoisotopic (exact) mass is 658 g/mol. The van der Waals surface area contributed by atoms with E-state index in [0.29, 0.717) is 44.5 Å². The van der Waals surface area contributed by atoms with Gasteiger partial charge in [-0.25, -0.2) is 19.7 Å². The highest BCUT2D eigenvalue weighted by molar-refractivity contribution is 7.98. The predicted octanol–water partition coefficient (Wildman–Crippen LogP) is 5.66. The van der Waals surface area contributed by atoms with Crippen molar-refractivity contribution < 1.29 is 19.0 Å². The van der Waals surface area contributed by atoms with Gasteiger partial charge in [0.1, 0.15) is 12.3 Å². The molecule has 1 N–H and O–H groups in total. The third-order valence-corrected chi connectivity index (χ3v) is 8.26. The first-order valence-electron chi connectivity index (χ1n) is 14.6. The van der Waals surface area contributed by atoms with Crippen molar-refractivity contribution in [2.75, 3.05) is 19.5 Å². The third kappa shape index (κ3) is 7.37. The van der Waals surface area contributed by atoms with Gasteiger partial charge in [0, 0.05) is 52.5 Å². The molecular formula is C33H31ClN6O5S. The van der Waals surface area contributed by atoms with E-state index in [2.05, 4.69) is 25.3 Å². The fraction of sp³-hybridized carbons (Fsp3) is 0.273. The van der Waals surface area contributed by atoms with E-state index in [1.54, 1.807) is 35.3 Å². The van der Waals surface area contributed by atoms with Gasteiger partial charge in [-0.15, -0.1) is 0 Å². The van der Waals surface area contributed by atoms with Crippen LogP contribution in [-0.2, 0) is 27.4 Å². The van der Waals surface area contributed by atoms with Gasteiger partial charge in [0.15, 0.2) is 11.4 Å². The van der Waals surface area contributed by atoms with Crippen molar-refractivity contribution in [3.8, 4) is 22.4 Å². The number of pyridine rings is 1. The van der Waals surface area contributed by atoms with Crippen LogP contribution in [0.3, 0.4) is 0 Å². The van der Waals surface area contributed by atoms with Crippen molar-refractivity contribution in [3.63, 3.8) is 0 Å². The number of ether oxygens (including phenoxy) is 3. The number of hydrogen-bond acceptors (Lipinski definition) is 10. The zero-order valence-electron chi connectivity index (χ0n) is 25.2. The zero-order chi connectivity index (χ0) is 32.0. The molecule has 2 aromatic carbocycles. The molecule has 1 saturated heterocycles. The van der Waals surface area contributed by atoms with Crippen molar-refractivity contribution in [3.05, 3.63) is 99.8 Å². The molecule has 11 nitrogen and oxygen atoms in total. The molecule has 1 amide bonds. The molecule has 1 aliphatic heterocycles. The Kier molecular flexibility index (Phi) is 9.88. The number of aromatic nitrogens is 5. The van der Waals surface area contributed by atoms with E-state index >= 15 is 0 Å². The van der Waals surface area contributed by atoms with E-state index in [9.17, 15) is 9.59 Å². The van der Waals surface area contributed by atoms with Gasteiger partial charge < -0.3 is 19.5 Å². The van der Waals surface area contributed by atoms with Crippen LogP contribution >= 0.6 is 23.4 Å². The second kappa shape index (κ2) is 14.4. The Labute approximate surface area is 274 Å². The molecule has 0 bridgehead atoms. The minimum atomic E-state index is -0.579. The molecule has 1 aliphatic rings. The smallest absolute Gasteiger partial charge is 0.407 e. The van der Waals surface area contributed by atoms with Gasteiger partial charge in [0.05, 0.1) is 36.8 Å². The van der Waals surface area contributed by atoms with E-state index in [0.717, 1.165) is 16.8 Å². The highest BCUT2D eigenvalue weighted by atomic mass is 35.5. The summed E-state index contributed by atoms with van der Waals surface area (Å²) in [6, 6.07) is 16.3. The number of carbonyl (C=O) groups is 1. The number of thioether (sulfide) groups is 1. The molecule has 0 unspecified atom stereocenters. The summed E-state index contributed by atoms with van der Waals surface area (Å²) in [7, 11) is 0. The van der Waals surface area contributed by atoms with Gasteiger partial charge in [-0.3, -0.25) is 14.3 Å². The second-order valence-electron chi connectivity index (χ2n) is 10.7. The Bertz CT molecular complexity index is 1920. The maximum Gasteiger partial charge on any atom is 0.407 e. The lowest BCUT2D eigenvalue weighted by atomic mass is 10.0. The van der Waals surface area contributed by atoms with Gasteiger partial charge >= 0.3 is 6.09 Å². The number of rotatable bonds is 9. The van der Waals surface area contributed by atoms with Crippen molar-refractivity contribution >= 4 is 40.5 Å². The van der Waals surface area contributed by atoms with Crippen molar-refractivity contribution in [1.29, 1.82) is 0 Å². The van der Waals surface area contributed by atoms with Gasteiger partial charge in [0.25, 0.3) is 5.56 Å². The number of amides is 1. The first-order valence-corrected chi connectivity index (χ1v) is 16.2. The average Bonchev–Trinajstić information content (AvgIpc) is 3.08. The van der Waals surface area contributed by atoms with Gasteiger partial charge in [-0.1, -0.05) is 65.8 Å². The molecule has 13 heteroatoms. The summed E-state index contributed by atoms with van der Waals surface area (Å²) in [4.78, 5) is 44.1. The fourth-order valence-corrected chi connectivity index (χ4v) is 5.71. The number of aryl methyl sites for hydroxylation is 2. The minimum Gasteiger partial charge on any atom is -0.445 e. The maximum absolute atomic E-state index is 14.0. The lowest BCUT2D eigenvalue weighted by molar-refractivity contribution is -0.192. The topological polar surface area (TPSA) is 130 Å². The average molecular weight is 659 g/mol. The van der Waals surface area contributed by atoms with Crippen LogP contribution in [0.15, 0.2) is 83.1 Å². The molecule has 6 rings (SSSR count). The third-order valence-electron chi connectivity index (χ3n) is 7.39. The summed E-state index contributed by atoms with van der Waals surface area (Å²) in [6.45, 7) is 2.80. The van der Waals surface area contributed by atoms with Gasteiger partial charge in [-0.05, 0) is 30.9 Å². The molecule has 0 spiro atoms. The van der Waals surface area contributed by atoms with Crippen LogP contribution in [0, 0.1) is 6.92 Å². The number of carbonyl (C=O) groups excluding carboxylic acids is 1. The SMILES string of the molecule is CSc1ncc2cc(-c3ccc(-c4cncc(C)n4)cc3Cl)c(=O)n(CCC3OCC(NC(=O)OCc4ccccc4)CO3)c2n1. The van der Waals surface area contributed by atoms with E-state index in [-0.39, 0.29) is 38.0 Å². The van der Waals surface area contributed by atoms with Crippen molar-refractivity contribution in [2.45, 2.75) is 44.0 Å². The lowest BCUT2D eigenvalue weighted by Crippen LogP contribution is -2.47. The molecule has 4 heterocycles. The summed E-state index contributed by atoms with van der Waals surface area (Å²) >= 11 is 8.16. The van der Waals surface area contributed by atoms with E-state index in [1.165, 1.54) is 11.8 Å². The summed E-state index contributed by atoms with van der Waals surface area (Å²) in [6.07, 6.45) is 6.20. The molecule has 3 aromatic heterocycles. The quantitative estimate of drug-likeness (QED) is 0.156. The molecular weight excluding hydrogens is 628 g/mol. The molecule has 0 saturated carbocycles. The Morgan fingerprint density at radius 2 is 1.87 bits per heavy atom. The predicted molar refractivity (Wildman–Crippen MR) is 176 cm³/mol. The fourth-order valence-electron chi connectivity index (χ4n) is 5.10. The minimum absolute atomic E-state index is 0.171. The van der Waals surface area contributed by atoms with Crippen LogP contribution in [0.1, 0.15) is 17.7 Å². The van der Waals surface area contributed by atoms with Crippen LogP contribution in [0.2, 0.25) is 5.02 Å². The normalized spacial score (nSPS) is 16.3. The molecule has 236 valence electrons.